The minimum atomic E-state index is -1.17. The van der Waals surface area contributed by atoms with Crippen LogP contribution in [0.1, 0.15) is 27.0 Å². The Morgan fingerprint density at radius 3 is 2.45 bits per heavy atom. The molecule has 0 amide bonds. The lowest BCUT2D eigenvalue weighted by atomic mass is 9.99. The first-order chi connectivity index (χ1) is 10.5. The van der Waals surface area contributed by atoms with Crippen molar-refractivity contribution in [3.05, 3.63) is 64.7 Å². The first-order valence-corrected chi connectivity index (χ1v) is 7.16. The average molecular weight is 290 g/mol. The van der Waals surface area contributed by atoms with Gasteiger partial charge in [-0.2, -0.15) is 0 Å². The summed E-state index contributed by atoms with van der Waals surface area (Å²) in [4.78, 5) is 16.2. The number of hydrogen-bond donors (Lipinski definition) is 0. The Balaban J connectivity index is 2.37. The van der Waals surface area contributed by atoms with Crippen LogP contribution in [-0.4, -0.2) is 11.0 Å². The van der Waals surface area contributed by atoms with Crippen molar-refractivity contribution >= 4 is 16.9 Å². The van der Waals surface area contributed by atoms with Gasteiger partial charge in [-0.3, -0.25) is 0 Å². The van der Waals surface area contributed by atoms with E-state index in [9.17, 15) is 9.90 Å². The minimum absolute atomic E-state index is 0.188. The van der Waals surface area contributed by atoms with E-state index in [4.69, 9.17) is 0 Å². The Bertz CT molecular complexity index is 897. The second-order valence-corrected chi connectivity index (χ2v) is 5.69. The van der Waals surface area contributed by atoms with Crippen molar-refractivity contribution in [2.24, 2.45) is 0 Å². The molecule has 0 radical (unpaired) electrons. The van der Waals surface area contributed by atoms with Gasteiger partial charge in [-0.1, -0.05) is 35.4 Å². The summed E-state index contributed by atoms with van der Waals surface area (Å²) in [5, 5.41) is 12.2. The van der Waals surface area contributed by atoms with Crippen LogP contribution in [0.3, 0.4) is 0 Å². The standard InChI is InChI=1S/C19H17NO2/c1-11-5-4-6-14(8-11)17-10-16(19(21)22)15-9-12(2)7-13(3)18(15)20-17/h4-10H,1-3H3,(H,21,22)/p-1. The number of carboxylic acid groups (broad SMARTS) is 1. The molecule has 3 aromatic rings. The van der Waals surface area contributed by atoms with Crippen LogP contribution in [0.15, 0.2) is 42.5 Å². The third kappa shape index (κ3) is 2.46. The molecule has 0 N–H and O–H groups in total. The Labute approximate surface area is 129 Å². The number of benzene rings is 2. The molecule has 3 nitrogen and oxygen atoms in total. The lowest BCUT2D eigenvalue weighted by molar-refractivity contribution is -0.254. The summed E-state index contributed by atoms with van der Waals surface area (Å²) in [5.74, 6) is -1.17. The number of rotatable bonds is 2. The van der Waals surface area contributed by atoms with E-state index in [0.29, 0.717) is 16.6 Å². The lowest BCUT2D eigenvalue weighted by Gasteiger charge is -2.13. The number of hydrogen-bond acceptors (Lipinski definition) is 3. The van der Waals surface area contributed by atoms with Crippen LogP contribution < -0.4 is 5.11 Å². The molecule has 3 heteroatoms. The van der Waals surface area contributed by atoms with Gasteiger partial charge in [-0.15, -0.1) is 0 Å². The second kappa shape index (κ2) is 5.26. The van der Waals surface area contributed by atoms with Gasteiger partial charge in [0.05, 0.1) is 17.2 Å². The SMILES string of the molecule is Cc1cccc(-c2cc(C(=O)[O-])c3cc(C)cc(C)c3n2)c1. The quantitative estimate of drug-likeness (QED) is 0.728. The molecule has 0 aliphatic rings. The van der Waals surface area contributed by atoms with E-state index < -0.39 is 5.97 Å². The average Bonchev–Trinajstić information content (AvgIpc) is 2.46. The van der Waals surface area contributed by atoms with Crippen molar-refractivity contribution in [2.75, 3.05) is 0 Å². The molecule has 1 aromatic heterocycles. The maximum Gasteiger partial charge on any atom is 0.0745 e. The molecule has 2 aromatic carbocycles. The van der Waals surface area contributed by atoms with Gasteiger partial charge < -0.3 is 9.90 Å². The summed E-state index contributed by atoms with van der Waals surface area (Å²) in [7, 11) is 0. The van der Waals surface area contributed by atoms with E-state index in [1.54, 1.807) is 6.07 Å². The summed E-state index contributed by atoms with van der Waals surface area (Å²) in [6, 6.07) is 13.3. The highest BCUT2D eigenvalue weighted by Gasteiger charge is 2.11. The van der Waals surface area contributed by atoms with Gasteiger partial charge in [0.2, 0.25) is 0 Å². The zero-order valence-corrected chi connectivity index (χ0v) is 12.8. The molecule has 0 atom stereocenters. The van der Waals surface area contributed by atoms with Crippen LogP contribution in [0.25, 0.3) is 22.2 Å². The summed E-state index contributed by atoms with van der Waals surface area (Å²) in [6.45, 7) is 5.89. The van der Waals surface area contributed by atoms with Gasteiger partial charge >= 0.3 is 0 Å². The Morgan fingerprint density at radius 2 is 1.77 bits per heavy atom. The number of carbonyl (C=O) groups excluding carboxylic acids is 1. The van der Waals surface area contributed by atoms with Crippen molar-refractivity contribution in [3.8, 4) is 11.3 Å². The molecule has 0 spiro atoms. The largest absolute Gasteiger partial charge is 0.545 e. The molecule has 110 valence electrons. The van der Waals surface area contributed by atoms with E-state index in [1.807, 2.05) is 57.2 Å². The third-order valence-electron chi connectivity index (χ3n) is 3.78. The van der Waals surface area contributed by atoms with E-state index in [2.05, 4.69) is 4.98 Å². The first-order valence-electron chi connectivity index (χ1n) is 7.16. The molecule has 1 heterocycles. The van der Waals surface area contributed by atoms with E-state index in [0.717, 1.165) is 22.3 Å². The van der Waals surface area contributed by atoms with Crippen LogP contribution in [0.4, 0.5) is 0 Å². The number of aromatic nitrogens is 1. The smallest absolute Gasteiger partial charge is 0.0745 e. The van der Waals surface area contributed by atoms with Crippen molar-refractivity contribution in [1.82, 2.24) is 4.98 Å². The van der Waals surface area contributed by atoms with Crippen molar-refractivity contribution in [2.45, 2.75) is 20.8 Å². The maximum absolute atomic E-state index is 11.5. The molecular formula is C19H16NO2-. The van der Waals surface area contributed by atoms with Crippen LogP contribution in [-0.2, 0) is 0 Å². The van der Waals surface area contributed by atoms with E-state index in [-0.39, 0.29) is 5.56 Å². The molecule has 0 saturated heterocycles. The van der Waals surface area contributed by atoms with Crippen LogP contribution >= 0.6 is 0 Å². The van der Waals surface area contributed by atoms with Crippen molar-refractivity contribution in [3.63, 3.8) is 0 Å². The normalized spacial score (nSPS) is 10.9. The molecular weight excluding hydrogens is 274 g/mol. The zero-order valence-electron chi connectivity index (χ0n) is 12.8. The topological polar surface area (TPSA) is 53.0 Å². The van der Waals surface area contributed by atoms with Gasteiger partial charge in [-0.05, 0) is 44.5 Å². The Hall–Kier alpha value is -2.68. The maximum atomic E-state index is 11.5. The van der Waals surface area contributed by atoms with Crippen LogP contribution in [0.2, 0.25) is 0 Å². The molecule has 22 heavy (non-hydrogen) atoms. The molecule has 0 saturated carbocycles. The van der Waals surface area contributed by atoms with Gasteiger partial charge in [0.15, 0.2) is 0 Å². The fourth-order valence-electron chi connectivity index (χ4n) is 2.80. The first kappa shape index (κ1) is 14.3. The number of pyridine rings is 1. The minimum Gasteiger partial charge on any atom is -0.545 e. The highest BCUT2D eigenvalue weighted by Crippen LogP contribution is 2.28. The van der Waals surface area contributed by atoms with Gasteiger partial charge in [0, 0.05) is 16.5 Å². The number of carboxylic acids is 1. The van der Waals surface area contributed by atoms with Gasteiger partial charge in [-0.25, -0.2) is 4.98 Å². The predicted molar refractivity (Wildman–Crippen MR) is 85.7 cm³/mol. The third-order valence-corrected chi connectivity index (χ3v) is 3.78. The summed E-state index contributed by atoms with van der Waals surface area (Å²) >= 11 is 0. The van der Waals surface area contributed by atoms with E-state index in [1.165, 1.54) is 0 Å². The molecule has 0 bridgehead atoms. The number of carbonyl (C=O) groups is 1. The van der Waals surface area contributed by atoms with E-state index >= 15 is 0 Å². The van der Waals surface area contributed by atoms with Crippen LogP contribution in [0.5, 0.6) is 0 Å². The number of fused-ring (bicyclic) bond motifs is 1. The predicted octanol–water partition coefficient (Wildman–Crippen LogP) is 3.19. The molecule has 0 aliphatic heterocycles. The lowest BCUT2D eigenvalue weighted by Crippen LogP contribution is -2.23. The monoisotopic (exact) mass is 290 g/mol. The molecule has 0 aliphatic carbocycles. The summed E-state index contributed by atoms with van der Waals surface area (Å²) in [5.41, 5.74) is 5.54. The highest BCUT2D eigenvalue weighted by molar-refractivity contribution is 6.03. The van der Waals surface area contributed by atoms with Crippen molar-refractivity contribution < 1.29 is 9.90 Å². The van der Waals surface area contributed by atoms with Gasteiger partial charge in [0.25, 0.3) is 0 Å². The number of aromatic carboxylic acids is 1. The highest BCUT2D eigenvalue weighted by atomic mass is 16.4. The summed E-state index contributed by atoms with van der Waals surface area (Å²) in [6.07, 6.45) is 0. The number of aryl methyl sites for hydroxylation is 3. The fraction of sp³-hybridized carbons (Fsp3) is 0.158. The molecule has 3 rings (SSSR count). The van der Waals surface area contributed by atoms with Gasteiger partial charge in [0.1, 0.15) is 0 Å². The zero-order chi connectivity index (χ0) is 15.9. The Morgan fingerprint density at radius 1 is 1.00 bits per heavy atom. The van der Waals surface area contributed by atoms with Crippen LogP contribution in [0, 0.1) is 20.8 Å². The number of nitrogens with zero attached hydrogens (tertiary/aromatic N) is 1. The molecule has 0 fully saturated rings. The second-order valence-electron chi connectivity index (χ2n) is 5.69. The fourth-order valence-corrected chi connectivity index (χ4v) is 2.80. The van der Waals surface area contributed by atoms with Crippen molar-refractivity contribution in [1.29, 1.82) is 0 Å². The molecule has 0 unspecified atom stereocenters. The Kier molecular flexibility index (Phi) is 3.41. The summed E-state index contributed by atoms with van der Waals surface area (Å²) < 4.78 is 0.